The minimum Gasteiger partial charge on any atom is -0.479 e. The van der Waals surface area contributed by atoms with Crippen molar-refractivity contribution < 1.29 is 24.2 Å². The normalized spacial score (nSPS) is 11.4. The first-order valence-electron chi connectivity index (χ1n) is 5.21. The van der Waals surface area contributed by atoms with E-state index in [1.165, 1.54) is 0 Å². The second-order valence-corrected chi connectivity index (χ2v) is 3.59. The molecule has 0 aliphatic carbocycles. The standard InChI is InChI=1S/C12H13NO5/c1-8(14)10(11(15)16)13-12(17)18-7-9-5-3-2-4-6-9/h2-6,10H,7H2,1H3,(H,13,17)(H,15,16)/t10-/m0/s1. The first kappa shape index (κ1) is 13.7. The molecule has 1 aromatic carbocycles. The number of hydrogen-bond donors (Lipinski definition) is 2. The van der Waals surface area contributed by atoms with Gasteiger partial charge in [0.1, 0.15) is 6.61 Å². The minimum absolute atomic E-state index is 0.0108. The molecule has 0 aromatic heterocycles. The SMILES string of the molecule is CC(=O)[C@H](NC(=O)OCc1ccccc1)C(=O)O. The number of ketones is 1. The summed E-state index contributed by atoms with van der Waals surface area (Å²) in [4.78, 5) is 32.9. The van der Waals surface area contributed by atoms with E-state index in [9.17, 15) is 14.4 Å². The van der Waals surface area contributed by atoms with Gasteiger partial charge in [-0.05, 0) is 12.5 Å². The second kappa shape index (κ2) is 6.39. The fourth-order valence-electron chi connectivity index (χ4n) is 1.22. The van der Waals surface area contributed by atoms with Crippen LogP contribution in [-0.4, -0.2) is 29.0 Å². The number of nitrogens with one attached hydrogen (secondary N) is 1. The summed E-state index contributed by atoms with van der Waals surface area (Å²) in [6, 6.07) is 7.33. The molecule has 18 heavy (non-hydrogen) atoms. The van der Waals surface area contributed by atoms with Crippen molar-refractivity contribution in [2.45, 2.75) is 19.6 Å². The molecule has 0 spiro atoms. The molecule has 1 rings (SSSR count). The highest BCUT2D eigenvalue weighted by Gasteiger charge is 2.25. The Morgan fingerprint density at radius 2 is 1.89 bits per heavy atom. The average Bonchev–Trinajstić information content (AvgIpc) is 2.34. The Balaban J connectivity index is 2.46. The summed E-state index contributed by atoms with van der Waals surface area (Å²) in [6.45, 7) is 1.09. The predicted octanol–water partition coefficient (Wildman–Crippen LogP) is 0.955. The maximum Gasteiger partial charge on any atom is 0.408 e. The van der Waals surface area contributed by atoms with E-state index in [4.69, 9.17) is 9.84 Å². The van der Waals surface area contributed by atoms with E-state index in [1.54, 1.807) is 24.3 Å². The predicted molar refractivity (Wildman–Crippen MR) is 61.9 cm³/mol. The topological polar surface area (TPSA) is 92.7 Å². The number of benzene rings is 1. The van der Waals surface area contributed by atoms with Crippen LogP contribution in [0.3, 0.4) is 0 Å². The molecule has 0 heterocycles. The molecule has 96 valence electrons. The molecule has 0 unspecified atom stereocenters. The van der Waals surface area contributed by atoms with E-state index in [2.05, 4.69) is 0 Å². The number of aliphatic carboxylic acids is 1. The molecular weight excluding hydrogens is 238 g/mol. The van der Waals surface area contributed by atoms with Crippen molar-refractivity contribution in [3.05, 3.63) is 35.9 Å². The van der Waals surface area contributed by atoms with Gasteiger partial charge in [-0.15, -0.1) is 0 Å². The molecule has 1 atom stereocenters. The molecule has 0 bridgehead atoms. The van der Waals surface area contributed by atoms with Crippen molar-refractivity contribution in [1.29, 1.82) is 0 Å². The van der Waals surface area contributed by atoms with Crippen LogP contribution in [-0.2, 0) is 20.9 Å². The summed E-state index contributed by atoms with van der Waals surface area (Å²) in [6.07, 6.45) is -0.943. The van der Waals surface area contributed by atoms with E-state index < -0.39 is 23.9 Å². The molecule has 1 amide bonds. The number of Topliss-reactive ketones (excluding diaryl/α,β-unsaturated/α-hetero) is 1. The third-order valence-electron chi connectivity index (χ3n) is 2.13. The Hall–Kier alpha value is -2.37. The molecular formula is C12H13NO5. The zero-order valence-electron chi connectivity index (χ0n) is 9.75. The van der Waals surface area contributed by atoms with Crippen LogP contribution in [0, 0.1) is 0 Å². The van der Waals surface area contributed by atoms with E-state index in [0.717, 1.165) is 12.5 Å². The lowest BCUT2D eigenvalue weighted by Crippen LogP contribution is -2.45. The summed E-state index contributed by atoms with van der Waals surface area (Å²) >= 11 is 0. The molecule has 0 radical (unpaired) electrons. The fourth-order valence-corrected chi connectivity index (χ4v) is 1.22. The van der Waals surface area contributed by atoms with E-state index in [1.807, 2.05) is 11.4 Å². The molecule has 6 nitrogen and oxygen atoms in total. The maximum atomic E-state index is 11.3. The van der Waals surface area contributed by atoms with Crippen LogP contribution in [0.2, 0.25) is 0 Å². The van der Waals surface area contributed by atoms with Crippen molar-refractivity contribution in [2.75, 3.05) is 0 Å². The monoisotopic (exact) mass is 251 g/mol. The highest BCUT2D eigenvalue weighted by Crippen LogP contribution is 2.00. The molecule has 0 aliphatic heterocycles. The van der Waals surface area contributed by atoms with Gasteiger partial charge in [-0.3, -0.25) is 4.79 Å². The number of carbonyl (C=O) groups excluding carboxylic acids is 2. The molecule has 0 saturated carbocycles. The maximum absolute atomic E-state index is 11.3. The zero-order chi connectivity index (χ0) is 13.5. The van der Waals surface area contributed by atoms with E-state index in [0.29, 0.717) is 0 Å². The number of amides is 1. The smallest absolute Gasteiger partial charge is 0.408 e. The van der Waals surface area contributed by atoms with Gasteiger partial charge in [-0.25, -0.2) is 9.59 Å². The largest absolute Gasteiger partial charge is 0.479 e. The second-order valence-electron chi connectivity index (χ2n) is 3.59. The van der Waals surface area contributed by atoms with Crippen LogP contribution in [0.25, 0.3) is 0 Å². The number of alkyl carbamates (subject to hydrolysis) is 1. The molecule has 0 saturated heterocycles. The fraction of sp³-hybridized carbons (Fsp3) is 0.250. The van der Waals surface area contributed by atoms with E-state index in [-0.39, 0.29) is 6.61 Å². The van der Waals surface area contributed by atoms with Crippen LogP contribution in [0.1, 0.15) is 12.5 Å². The molecule has 2 N–H and O–H groups in total. The van der Waals surface area contributed by atoms with Gasteiger partial charge in [0.2, 0.25) is 0 Å². The Morgan fingerprint density at radius 3 is 2.39 bits per heavy atom. The van der Waals surface area contributed by atoms with Crippen LogP contribution in [0.15, 0.2) is 30.3 Å². The van der Waals surface area contributed by atoms with Crippen LogP contribution < -0.4 is 5.32 Å². The Morgan fingerprint density at radius 1 is 1.28 bits per heavy atom. The van der Waals surface area contributed by atoms with Gasteiger partial charge in [0, 0.05) is 0 Å². The average molecular weight is 251 g/mol. The van der Waals surface area contributed by atoms with Crippen LogP contribution in [0.5, 0.6) is 0 Å². The number of rotatable bonds is 5. The summed E-state index contributed by atoms with van der Waals surface area (Å²) in [7, 11) is 0. The van der Waals surface area contributed by atoms with Crippen molar-refractivity contribution in [3.8, 4) is 0 Å². The number of hydrogen-bond acceptors (Lipinski definition) is 4. The first-order valence-corrected chi connectivity index (χ1v) is 5.21. The lowest BCUT2D eigenvalue weighted by Gasteiger charge is -2.11. The number of carboxylic acids is 1. The van der Waals surface area contributed by atoms with Gasteiger partial charge in [-0.2, -0.15) is 0 Å². The Bertz CT molecular complexity index is 429. The molecule has 0 aliphatic rings. The van der Waals surface area contributed by atoms with Crippen molar-refractivity contribution >= 4 is 17.8 Å². The van der Waals surface area contributed by atoms with Crippen molar-refractivity contribution in [2.24, 2.45) is 0 Å². The summed E-state index contributed by atoms with van der Waals surface area (Å²) in [5, 5.41) is 10.7. The molecule has 6 heteroatoms. The third kappa shape index (κ3) is 4.25. The number of carbonyl (C=O) groups is 3. The van der Waals surface area contributed by atoms with Crippen molar-refractivity contribution in [1.82, 2.24) is 5.32 Å². The highest BCUT2D eigenvalue weighted by atomic mass is 16.5. The van der Waals surface area contributed by atoms with Crippen molar-refractivity contribution in [3.63, 3.8) is 0 Å². The van der Waals surface area contributed by atoms with Gasteiger partial charge in [0.15, 0.2) is 11.8 Å². The number of carboxylic acid groups (broad SMARTS) is 1. The Kier molecular flexibility index (Phi) is 4.86. The highest BCUT2D eigenvalue weighted by molar-refractivity contribution is 6.03. The van der Waals surface area contributed by atoms with Gasteiger partial charge in [-0.1, -0.05) is 30.3 Å². The zero-order valence-corrected chi connectivity index (χ0v) is 9.75. The lowest BCUT2D eigenvalue weighted by molar-refractivity contribution is -0.142. The molecule has 1 aromatic rings. The third-order valence-corrected chi connectivity index (χ3v) is 2.13. The lowest BCUT2D eigenvalue weighted by atomic mass is 10.2. The summed E-state index contributed by atoms with van der Waals surface area (Å²) in [5.41, 5.74) is 0.766. The Labute approximate surface area is 104 Å². The van der Waals surface area contributed by atoms with Gasteiger partial charge in [0.05, 0.1) is 0 Å². The van der Waals surface area contributed by atoms with E-state index >= 15 is 0 Å². The van der Waals surface area contributed by atoms with Gasteiger partial charge < -0.3 is 15.2 Å². The van der Waals surface area contributed by atoms with Gasteiger partial charge >= 0.3 is 12.1 Å². The summed E-state index contributed by atoms with van der Waals surface area (Å²) < 4.78 is 4.79. The van der Waals surface area contributed by atoms with Crippen LogP contribution >= 0.6 is 0 Å². The number of ether oxygens (including phenoxy) is 1. The first-order chi connectivity index (χ1) is 8.50. The quantitative estimate of drug-likeness (QED) is 0.760. The van der Waals surface area contributed by atoms with Crippen LogP contribution in [0.4, 0.5) is 4.79 Å². The minimum atomic E-state index is -1.58. The summed E-state index contributed by atoms with van der Waals surface area (Å²) in [5.74, 6) is -2.08. The molecule has 0 fully saturated rings. The van der Waals surface area contributed by atoms with Gasteiger partial charge in [0.25, 0.3) is 0 Å².